The molecule has 2 atom stereocenters. The summed E-state index contributed by atoms with van der Waals surface area (Å²) < 4.78 is 0. The SMILES string of the molecule is Cc1ccnc(S[C@@H]2C[C@@H](C(=O)N(C)C)N(C/C(Cl)=C/c3ccccc3)C2)n1. The predicted molar refractivity (Wildman–Crippen MR) is 115 cm³/mol. The Morgan fingerprint density at radius 1 is 1.32 bits per heavy atom. The molecule has 148 valence electrons. The maximum absolute atomic E-state index is 12.7. The lowest BCUT2D eigenvalue weighted by molar-refractivity contribution is -0.133. The maximum atomic E-state index is 12.7. The third-order valence-corrected chi connectivity index (χ3v) is 5.92. The van der Waals surface area contributed by atoms with Crippen molar-refractivity contribution in [3.05, 3.63) is 58.9 Å². The molecule has 1 fully saturated rings. The molecule has 0 aliphatic carbocycles. The number of hydrogen-bond donors (Lipinski definition) is 0. The summed E-state index contributed by atoms with van der Waals surface area (Å²) in [6.45, 7) is 3.27. The molecule has 0 N–H and O–H groups in total. The van der Waals surface area contributed by atoms with Crippen molar-refractivity contribution in [2.75, 3.05) is 27.2 Å². The molecule has 0 bridgehead atoms. The van der Waals surface area contributed by atoms with E-state index in [1.54, 1.807) is 37.0 Å². The molecule has 1 amide bonds. The van der Waals surface area contributed by atoms with Crippen molar-refractivity contribution in [1.82, 2.24) is 19.8 Å². The van der Waals surface area contributed by atoms with Crippen molar-refractivity contribution >= 4 is 35.3 Å². The van der Waals surface area contributed by atoms with Crippen LogP contribution in [-0.4, -0.2) is 64.2 Å². The van der Waals surface area contributed by atoms with Gasteiger partial charge in [0.2, 0.25) is 5.91 Å². The van der Waals surface area contributed by atoms with Crippen LogP contribution in [0.3, 0.4) is 0 Å². The van der Waals surface area contributed by atoms with Crippen LogP contribution in [0.1, 0.15) is 17.7 Å². The van der Waals surface area contributed by atoms with E-state index in [-0.39, 0.29) is 17.2 Å². The zero-order valence-corrected chi connectivity index (χ0v) is 18.0. The summed E-state index contributed by atoms with van der Waals surface area (Å²) in [6, 6.07) is 11.7. The Hall–Kier alpha value is -1.89. The molecule has 1 aliphatic rings. The Morgan fingerprint density at radius 3 is 2.75 bits per heavy atom. The average molecular weight is 417 g/mol. The van der Waals surface area contributed by atoms with Gasteiger partial charge in [0.1, 0.15) is 0 Å². The first kappa shape index (κ1) is 20.8. The topological polar surface area (TPSA) is 49.3 Å². The number of aryl methyl sites for hydroxylation is 1. The van der Waals surface area contributed by atoms with Gasteiger partial charge in [-0.3, -0.25) is 9.69 Å². The fourth-order valence-electron chi connectivity index (χ4n) is 3.28. The van der Waals surface area contributed by atoms with E-state index in [9.17, 15) is 4.79 Å². The number of carbonyl (C=O) groups excluding carboxylic acids is 1. The van der Waals surface area contributed by atoms with Gasteiger partial charge in [-0.1, -0.05) is 53.7 Å². The first-order valence-electron chi connectivity index (χ1n) is 9.25. The molecule has 0 unspecified atom stereocenters. The molecule has 0 spiro atoms. The van der Waals surface area contributed by atoms with Crippen molar-refractivity contribution in [2.45, 2.75) is 29.8 Å². The van der Waals surface area contributed by atoms with Gasteiger partial charge in [-0.25, -0.2) is 9.97 Å². The standard InChI is InChI=1S/C21H25ClN4OS/c1-15-9-10-23-21(24-15)28-18-12-19(20(27)25(2)3)26(14-18)13-17(22)11-16-7-5-4-6-8-16/h4-11,18-19H,12-14H2,1-3H3/b17-11-/t18-,19+/m1/s1. The zero-order chi connectivity index (χ0) is 20.1. The van der Waals surface area contributed by atoms with Gasteiger partial charge >= 0.3 is 0 Å². The number of aromatic nitrogens is 2. The van der Waals surface area contributed by atoms with Crippen LogP contribution in [0, 0.1) is 6.92 Å². The molecule has 2 heterocycles. The highest BCUT2D eigenvalue weighted by Crippen LogP contribution is 2.32. The van der Waals surface area contributed by atoms with Crippen LogP contribution in [-0.2, 0) is 4.79 Å². The molecule has 0 saturated carbocycles. The van der Waals surface area contributed by atoms with Gasteiger partial charge < -0.3 is 4.90 Å². The van der Waals surface area contributed by atoms with E-state index in [2.05, 4.69) is 14.9 Å². The number of halogens is 1. The number of likely N-dealkylation sites (N-methyl/N-ethyl adjacent to an activating group) is 1. The van der Waals surface area contributed by atoms with Gasteiger partial charge in [0, 0.05) is 49.4 Å². The second-order valence-electron chi connectivity index (χ2n) is 7.14. The first-order chi connectivity index (χ1) is 13.4. The Labute approximate surface area is 175 Å². The van der Waals surface area contributed by atoms with Gasteiger partial charge in [-0.15, -0.1) is 0 Å². The lowest BCUT2D eigenvalue weighted by atomic mass is 10.2. The van der Waals surface area contributed by atoms with Gasteiger partial charge in [0.05, 0.1) is 6.04 Å². The van der Waals surface area contributed by atoms with Crippen molar-refractivity contribution in [3.8, 4) is 0 Å². The van der Waals surface area contributed by atoms with Crippen LogP contribution in [0.15, 0.2) is 52.8 Å². The Morgan fingerprint density at radius 2 is 2.07 bits per heavy atom. The summed E-state index contributed by atoms with van der Waals surface area (Å²) in [7, 11) is 3.60. The van der Waals surface area contributed by atoms with Crippen LogP contribution < -0.4 is 0 Å². The average Bonchev–Trinajstić information content (AvgIpc) is 3.03. The van der Waals surface area contributed by atoms with E-state index in [1.165, 1.54) is 0 Å². The van der Waals surface area contributed by atoms with Gasteiger partial charge in [-0.2, -0.15) is 0 Å². The van der Waals surface area contributed by atoms with Crippen LogP contribution in [0.25, 0.3) is 6.08 Å². The van der Waals surface area contributed by atoms with Crippen LogP contribution in [0.4, 0.5) is 0 Å². The second kappa shape index (κ2) is 9.54. The number of carbonyl (C=O) groups is 1. The summed E-state index contributed by atoms with van der Waals surface area (Å²) in [5.41, 5.74) is 2.00. The van der Waals surface area contributed by atoms with E-state index < -0.39 is 0 Å². The Balaban J connectivity index is 1.73. The van der Waals surface area contributed by atoms with E-state index in [4.69, 9.17) is 11.6 Å². The van der Waals surface area contributed by atoms with E-state index in [0.717, 1.165) is 34.4 Å². The fraction of sp³-hybridized carbons (Fsp3) is 0.381. The lowest BCUT2D eigenvalue weighted by Crippen LogP contribution is -2.43. The lowest BCUT2D eigenvalue weighted by Gasteiger charge is -2.25. The van der Waals surface area contributed by atoms with Crippen LogP contribution in [0.2, 0.25) is 0 Å². The third kappa shape index (κ3) is 5.56. The minimum absolute atomic E-state index is 0.109. The summed E-state index contributed by atoms with van der Waals surface area (Å²) in [6.07, 6.45) is 4.50. The number of hydrogen-bond acceptors (Lipinski definition) is 5. The molecule has 1 saturated heterocycles. The summed E-state index contributed by atoms with van der Waals surface area (Å²) in [5, 5.41) is 1.73. The number of nitrogens with zero attached hydrogens (tertiary/aromatic N) is 4. The van der Waals surface area contributed by atoms with Crippen molar-refractivity contribution < 1.29 is 4.79 Å². The summed E-state index contributed by atoms with van der Waals surface area (Å²) in [4.78, 5) is 25.4. The van der Waals surface area contributed by atoms with Crippen molar-refractivity contribution in [3.63, 3.8) is 0 Å². The van der Waals surface area contributed by atoms with Gasteiger partial charge in [0.15, 0.2) is 5.16 Å². The molecule has 28 heavy (non-hydrogen) atoms. The predicted octanol–water partition coefficient (Wildman–Crippen LogP) is 3.69. The van der Waals surface area contributed by atoms with Crippen molar-refractivity contribution in [2.24, 2.45) is 0 Å². The Kier molecular flexibility index (Phi) is 7.10. The van der Waals surface area contributed by atoms with Gasteiger partial charge in [-0.05, 0) is 31.1 Å². The molecule has 1 aliphatic heterocycles. The third-order valence-electron chi connectivity index (χ3n) is 4.61. The molecular formula is C21H25ClN4OS. The monoisotopic (exact) mass is 416 g/mol. The normalized spacial score (nSPS) is 20.4. The van der Waals surface area contributed by atoms with Crippen LogP contribution >= 0.6 is 23.4 Å². The molecule has 1 aromatic heterocycles. The fourth-order valence-corrected chi connectivity index (χ4v) is 4.72. The minimum atomic E-state index is -0.185. The summed E-state index contributed by atoms with van der Waals surface area (Å²) in [5.74, 6) is 0.109. The number of rotatable bonds is 6. The number of thioether (sulfide) groups is 1. The number of likely N-dealkylation sites (tertiary alicyclic amines) is 1. The number of benzene rings is 1. The van der Waals surface area contributed by atoms with Gasteiger partial charge in [0.25, 0.3) is 0 Å². The largest absolute Gasteiger partial charge is 0.347 e. The van der Waals surface area contributed by atoms with E-state index in [0.29, 0.717) is 6.54 Å². The highest BCUT2D eigenvalue weighted by atomic mass is 35.5. The van der Waals surface area contributed by atoms with Crippen LogP contribution in [0.5, 0.6) is 0 Å². The quantitative estimate of drug-likeness (QED) is 0.672. The van der Waals surface area contributed by atoms with E-state index in [1.807, 2.05) is 49.4 Å². The highest BCUT2D eigenvalue weighted by molar-refractivity contribution is 7.99. The molecule has 1 aromatic carbocycles. The van der Waals surface area contributed by atoms with Crippen molar-refractivity contribution in [1.29, 1.82) is 0 Å². The zero-order valence-electron chi connectivity index (χ0n) is 16.4. The highest BCUT2D eigenvalue weighted by Gasteiger charge is 2.38. The molecule has 0 radical (unpaired) electrons. The molecule has 2 aromatic rings. The molecule has 7 heteroatoms. The minimum Gasteiger partial charge on any atom is -0.347 e. The Bertz CT molecular complexity index is 843. The molecule has 3 rings (SSSR count). The molecular weight excluding hydrogens is 392 g/mol. The number of amides is 1. The first-order valence-corrected chi connectivity index (χ1v) is 10.5. The molecule has 5 nitrogen and oxygen atoms in total. The maximum Gasteiger partial charge on any atom is 0.239 e. The smallest absolute Gasteiger partial charge is 0.239 e. The summed E-state index contributed by atoms with van der Waals surface area (Å²) >= 11 is 8.17. The second-order valence-corrected chi connectivity index (χ2v) is 8.89. The van der Waals surface area contributed by atoms with E-state index >= 15 is 0 Å².